The number of likely N-dealkylation sites (N-methyl/N-ethyl adjacent to an activating group) is 1. The number of hydrogen-bond acceptors (Lipinski definition) is 5. The van der Waals surface area contributed by atoms with Crippen molar-refractivity contribution >= 4 is 22.9 Å². The van der Waals surface area contributed by atoms with Crippen LogP contribution in [-0.4, -0.2) is 71.5 Å². The normalized spacial score (nSPS) is 21.3. The van der Waals surface area contributed by atoms with Crippen molar-refractivity contribution in [3.8, 4) is 0 Å². The Balaban J connectivity index is 1.30. The first kappa shape index (κ1) is 19.8. The van der Waals surface area contributed by atoms with Gasteiger partial charge in [-0.25, -0.2) is 9.37 Å². The second kappa shape index (κ2) is 7.74. The molecule has 7 nitrogen and oxygen atoms in total. The van der Waals surface area contributed by atoms with E-state index in [0.717, 1.165) is 13.0 Å². The van der Waals surface area contributed by atoms with Crippen LogP contribution in [0.4, 0.5) is 4.39 Å². The number of halogens is 1. The van der Waals surface area contributed by atoms with E-state index < -0.39 is 5.41 Å². The van der Waals surface area contributed by atoms with Crippen LogP contribution in [0.3, 0.4) is 0 Å². The SMILES string of the molecule is CN(C)CC1CC2(CCN(C(=O)CCc3nc4ccc(F)cc4[nH]3)CC2)C(=O)O1. The summed E-state index contributed by atoms with van der Waals surface area (Å²) in [4.78, 5) is 36.4. The standard InChI is InChI=1S/C21H27FN4O3/c1-25(2)13-15-12-21(20(28)29-15)7-9-26(10-8-21)19(27)6-5-18-23-16-4-3-14(22)11-17(16)24-18/h3-4,11,15H,5-10,12-13H2,1-2H3,(H,23,24). The van der Waals surface area contributed by atoms with Crippen molar-refractivity contribution in [1.82, 2.24) is 19.8 Å². The van der Waals surface area contributed by atoms with Gasteiger partial charge in [-0.15, -0.1) is 0 Å². The predicted molar refractivity (Wildman–Crippen MR) is 106 cm³/mol. The summed E-state index contributed by atoms with van der Waals surface area (Å²) in [6.45, 7) is 1.89. The number of hydrogen-bond donors (Lipinski definition) is 1. The van der Waals surface area contributed by atoms with Crippen LogP contribution in [-0.2, 0) is 20.7 Å². The van der Waals surface area contributed by atoms with E-state index in [4.69, 9.17) is 4.74 Å². The van der Waals surface area contributed by atoms with E-state index >= 15 is 0 Å². The number of likely N-dealkylation sites (tertiary alicyclic amines) is 1. The number of piperidine rings is 1. The highest BCUT2D eigenvalue weighted by Gasteiger charge is 2.50. The minimum absolute atomic E-state index is 0.0577. The van der Waals surface area contributed by atoms with E-state index in [-0.39, 0.29) is 23.8 Å². The van der Waals surface area contributed by atoms with Crippen molar-refractivity contribution in [1.29, 1.82) is 0 Å². The molecule has 2 saturated heterocycles. The number of carbonyl (C=O) groups excluding carboxylic acids is 2. The lowest BCUT2D eigenvalue weighted by Gasteiger charge is -2.36. The van der Waals surface area contributed by atoms with E-state index in [1.54, 1.807) is 6.07 Å². The number of rotatable bonds is 5. The highest BCUT2D eigenvalue weighted by Crippen LogP contribution is 2.43. The van der Waals surface area contributed by atoms with Crippen LogP contribution in [0.2, 0.25) is 0 Å². The smallest absolute Gasteiger partial charge is 0.312 e. The van der Waals surface area contributed by atoms with Crippen LogP contribution < -0.4 is 0 Å². The van der Waals surface area contributed by atoms with Crippen LogP contribution in [0.1, 0.15) is 31.5 Å². The zero-order chi connectivity index (χ0) is 20.6. The summed E-state index contributed by atoms with van der Waals surface area (Å²) in [5, 5.41) is 0. The van der Waals surface area contributed by atoms with Crippen LogP contribution in [0.15, 0.2) is 18.2 Å². The van der Waals surface area contributed by atoms with Crippen LogP contribution in [0.5, 0.6) is 0 Å². The first-order valence-corrected chi connectivity index (χ1v) is 10.1. The molecule has 2 aliphatic heterocycles. The zero-order valence-corrected chi connectivity index (χ0v) is 16.9. The predicted octanol–water partition coefficient (Wildman–Crippen LogP) is 2.12. The number of aromatic amines is 1. The van der Waals surface area contributed by atoms with Crippen LogP contribution >= 0.6 is 0 Å². The molecule has 1 spiro atoms. The van der Waals surface area contributed by atoms with Gasteiger partial charge in [-0.1, -0.05) is 0 Å². The zero-order valence-electron chi connectivity index (χ0n) is 16.9. The third-order valence-corrected chi connectivity index (χ3v) is 6.04. The minimum Gasteiger partial charge on any atom is -0.461 e. The van der Waals surface area contributed by atoms with Crippen molar-refractivity contribution in [3.63, 3.8) is 0 Å². The average molecular weight is 402 g/mol. The molecule has 0 aliphatic carbocycles. The molecule has 1 unspecified atom stereocenters. The molecule has 0 bridgehead atoms. The lowest BCUT2D eigenvalue weighted by molar-refractivity contribution is -0.152. The summed E-state index contributed by atoms with van der Waals surface area (Å²) in [7, 11) is 3.94. The molecule has 2 fully saturated rings. The Morgan fingerprint density at radius 1 is 1.38 bits per heavy atom. The summed E-state index contributed by atoms with van der Waals surface area (Å²) in [6.07, 6.45) is 2.81. The van der Waals surface area contributed by atoms with Gasteiger partial charge >= 0.3 is 5.97 Å². The van der Waals surface area contributed by atoms with E-state index in [9.17, 15) is 14.0 Å². The molecule has 8 heteroatoms. The van der Waals surface area contributed by atoms with Gasteiger partial charge in [-0.3, -0.25) is 9.59 Å². The number of amides is 1. The van der Waals surface area contributed by atoms with Gasteiger partial charge in [0.15, 0.2) is 0 Å². The van der Waals surface area contributed by atoms with E-state index in [1.807, 2.05) is 23.9 Å². The first-order valence-electron chi connectivity index (χ1n) is 10.1. The lowest BCUT2D eigenvalue weighted by Crippen LogP contribution is -2.45. The Bertz CT molecular complexity index is 918. The monoisotopic (exact) mass is 402 g/mol. The Kier molecular flexibility index (Phi) is 5.29. The Hall–Kier alpha value is -2.48. The third-order valence-electron chi connectivity index (χ3n) is 6.04. The second-order valence-electron chi connectivity index (χ2n) is 8.50. The minimum atomic E-state index is -0.430. The number of H-pyrrole nitrogens is 1. The van der Waals surface area contributed by atoms with Gasteiger partial charge in [0.25, 0.3) is 0 Å². The Morgan fingerprint density at radius 3 is 2.86 bits per heavy atom. The molecule has 3 heterocycles. The van der Waals surface area contributed by atoms with Gasteiger partial charge < -0.3 is 19.5 Å². The molecular weight excluding hydrogens is 375 g/mol. The topological polar surface area (TPSA) is 78.5 Å². The first-order chi connectivity index (χ1) is 13.8. The van der Waals surface area contributed by atoms with Gasteiger partial charge in [0, 0.05) is 38.9 Å². The summed E-state index contributed by atoms with van der Waals surface area (Å²) < 4.78 is 18.9. The third kappa shape index (κ3) is 4.12. The lowest BCUT2D eigenvalue weighted by atomic mass is 9.76. The maximum absolute atomic E-state index is 13.3. The number of nitrogens with zero attached hydrogens (tertiary/aromatic N) is 3. The van der Waals surface area contributed by atoms with Gasteiger partial charge in [-0.2, -0.15) is 0 Å². The summed E-state index contributed by atoms with van der Waals surface area (Å²) in [5.74, 6) is 0.316. The fourth-order valence-electron chi connectivity index (χ4n) is 4.48. The molecule has 0 saturated carbocycles. The number of nitrogens with one attached hydrogen (secondary N) is 1. The molecule has 1 aromatic heterocycles. The molecule has 4 rings (SSSR count). The van der Waals surface area contributed by atoms with Gasteiger partial charge in [0.2, 0.25) is 5.91 Å². The summed E-state index contributed by atoms with van der Waals surface area (Å²) in [5.41, 5.74) is 0.903. The van der Waals surface area contributed by atoms with Crippen molar-refractivity contribution in [3.05, 3.63) is 29.8 Å². The maximum Gasteiger partial charge on any atom is 0.312 e. The fourth-order valence-corrected chi connectivity index (χ4v) is 4.48. The fraction of sp³-hybridized carbons (Fsp3) is 0.571. The Labute approximate surface area is 169 Å². The molecular formula is C21H27FN4O3. The largest absolute Gasteiger partial charge is 0.461 e. The number of carbonyl (C=O) groups is 2. The number of aryl methyl sites for hydroxylation is 1. The molecule has 2 aliphatic rings. The number of imidazole rings is 1. The van der Waals surface area contributed by atoms with Crippen molar-refractivity contribution < 1.29 is 18.7 Å². The highest BCUT2D eigenvalue weighted by atomic mass is 19.1. The number of benzene rings is 1. The second-order valence-corrected chi connectivity index (χ2v) is 8.50. The number of ether oxygens (including phenoxy) is 1. The van der Waals surface area contributed by atoms with Crippen LogP contribution in [0, 0.1) is 11.2 Å². The summed E-state index contributed by atoms with van der Waals surface area (Å²) in [6, 6.07) is 4.40. The molecule has 0 radical (unpaired) electrons. The molecule has 156 valence electrons. The molecule has 29 heavy (non-hydrogen) atoms. The molecule has 2 aromatic rings. The van der Waals surface area contributed by atoms with Crippen molar-refractivity contribution in [2.45, 2.75) is 38.2 Å². The van der Waals surface area contributed by atoms with Crippen LogP contribution in [0.25, 0.3) is 11.0 Å². The number of cyclic esters (lactones) is 1. The van der Waals surface area contributed by atoms with E-state index in [2.05, 4.69) is 9.97 Å². The van der Waals surface area contributed by atoms with Gasteiger partial charge in [0.1, 0.15) is 17.7 Å². The number of aromatic nitrogens is 2. The van der Waals surface area contributed by atoms with Gasteiger partial charge in [-0.05, 0) is 45.1 Å². The van der Waals surface area contributed by atoms with E-state index in [0.29, 0.717) is 55.6 Å². The van der Waals surface area contributed by atoms with Crippen molar-refractivity contribution in [2.75, 3.05) is 33.7 Å². The molecule has 1 amide bonds. The molecule has 1 aromatic carbocycles. The highest BCUT2D eigenvalue weighted by molar-refractivity contribution is 5.81. The number of esters is 1. The summed E-state index contributed by atoms with van der Waals surface area (Å²) >= 11 is 0. The number of fused-ring (bicyclic) bond motifs is 1. The van der Waals surface area contributed by atoms with E-state index in [1.165, 1.54) is 12.1 Å². The average Bonchev–Trinajstić information content (AvgIpc) is 3.20. The maximum atomic E-state index is 13.3. The van der Waals surface area contributed by atoms with Gasteiger partial charge in [0.05, 0.1) is 16.4 Å². The molecule has 1 atom stereocenters. The Morgan fingerprint density at radius 2 is 2.14 bits per heavy atom. The quantitative estimate of drug-likeness (QED) is 0.775. The van der Waals surface area contributed by atoms with Crippen molar-refractivity contribution in [2.24, 2.45) is 5.41 Å². The molecule has 1 N–H and O–H groups in total.